The fourth-order valence-electron chi connectivity index (χ4n) is 5.87. The lowest BCUT2D eigenvalue weighted by Crippen LogP contribution is -2.55. The molecule has 2 atom stereocenters. The normalized spacial score (nSPS) is 34.4. The number of alkyl halides is 1. The minimum Gasteiger partial charge on any atom is -0.391 e. The first-order valence-electron chi connectivity index (χ1n) is 12.0. The molecule has 0 unspecified atom stereocenters. The lowest BCUT2D eigenvalue weighted by Gasteiger charge is -2.45. The molecule has 4 aliphatic rings. The largest absolute Gasteiger partial charge is 0.391 e. The van der Waals surface area contributed by atoms with Gasteiger partial charge < -0.3 is 19.6 Å². The highest BCUT2D eigenvalue weighted by Crippen LogP contribution is 2.34. The Morgan fingerprint density at radius 3 is 2.07 bits per heavy atom. The molecular weight excluding hydrogens is 432 g/mol. The molecule has 4 fully saturated rings. The molecular formula is C23H39BrN2O3. The Morgan fingerprint density at radius 2 is 1.55 bits per heavy atom. The van der Waals surface area contributed by atoms with Gasteiger partial charge in [-0.2, -0.15) is 0 Å². The zero-order valence-corrected chi connectivity index (χ0v) is 19.4. The van der Waals surface area contributed by atoms with Crippen molar-refractivity contribution in [3.8, 4) is 0 Å². The minimum absolute atomic E-state index is 0.0303. The van der Waals surface area contributed by atoms with Gasteiger partial charge in [-0.05, 0) is 82.5 Å². The topological polar surface area (TPSA) is 53.0 Å². The number of carbonyl (C=O) groups is 1. The summed E-state index contributed by atoms with van der Waals surface area (Å²) < 4.78 is 5.93. The number of piperidine rings is 1. The molecule has 3 aliphatic carbocycles. The Balaban J connectivity index is 1.21. The van der Waals surface area contributed by atoms with Gasteiger partial charge in [0.2, 0.25) is 5.91 Å². The fraction of sp³-hybridized carbons (Fsp3) is 0.957. The lowest BCUT2D eigenvalue weighted by molar-refractivity contribution is -0.137. The van der Waals surface area contributed by atoms with E-state index in [4.69, 9.17) is 4.74 Å². The summed E-state index contributed by atoms with van der Waals surface area (Å²) in [5, 5.41) is 10.7. The van der Waals surface area contributed by atoms with Crippen LogP contribution < -0.4 is 0 Å². The van der Waals surface area contributed by atoms with E-state index < -0.39 is 0 Å². The standard InChI is InChI=1S/C23H39BrN2O3/c24-14-23(28)26(21-2-1-3-22(21)27)20-10-12-25(13-11-20)19-8-6-18(7-9-19)16-29-15-17-4-5-17/h17-22,27H,1-16H2/t18-,19-,21-,22-/m1/s1. The summed E-state index contributed by atoms with van der Waals surface area (Å²) in [6.45, 7) is 4.14. The second kappa shape index (κ2) is 10.4. The van der Waals surface area contributed by atoms with Crippen molar-refractivity contribution in [2.75, 3.05) is 31.6 Å². The molecule has 1 saturated heterocycles. The number of hydrogen-bond donors (Lipinski definition) is 1. The summed E-state index contributed by atoms with van der Waals surface area (Å²) in [7, 11) is 0. The third-order valence-electron chi connectivity index (χ3n) is 7.83. The second-order valence-corrected chi connectivity index (χ2v) is 10.5. The predicted octanol–water partition coefficient (Wildman–Crippen LogP) is 3.57. The molecule has 1 aliphatic heterocycles. The highest BCUT2D eigenvalue weighted by atomic mass is 79.9. The maximum absolute atomic E-state index is 12.6. The van der Waals surface area contributed by atoms with E-state index in [1.165, 1.54) is 38.5 Å². The van der Waals surface area contributed by atoms with Crippen LogP contribution in [-0.2, 0) is 9.53 Å². The van der Waals surface area contributed by atoms with Crippen molar-refractivity contribution in [3.63, 3.8) is 0 Å². The molecule has 166 valence electrons. The SMILES string of the molecule is O=C(CBr)N(C1CCN([C@H]2CC[C@H](COCC3CC3)CC2)CC1)[C@@H]1CCC[C@H]1O. The number of ether oxygens (including phenoxy) is 1. The van der Waals surface area contributed by atoms with Gasteiger partial charge in [0.15, 0.2) is 0 Å². The summed E-state index contributed by atoms with van der Waals surface area (Å²) >= 11 is 3.36. The number of aliphatic hydroxyl groups is 1. The number of rotatable bonds is 8. The minimum atomic E-state index is -0.339. The molecule has 0 spiro atoms. The Hall–Kier alpha value is -0.170. The van der Waals surface area contributed by atoms with Crippen LogP contribution in [0.4, 0.5) is 0 Å². The van der Waals surface area contributed by atoms with E-state index >= 15 is 0 Å². The van der Waals surface area contributed by atoms with Crippen LogP contribution in [0, 0.1) is 11.8 Å². The van der Waals surface area contributed by atoms with Gasteiger partial charge in [0, 0.05) is 38.4 Å². The molecule has 29 heavy (non-hydrogen) atoms. The number of halogens is 1. The zero-order valence-electron chi connectivity index (χ0n) is 17.8. The van der Waals surface area contributed by atoms with E-state index in [9.17, 15) is 9.90 Å². The van der Waals surface area contributed by atoms with E-state index in [1.54, 1.807) is 0 Å². The summed E-state index contributed by atoms with van der Waals surface area (Å²) in [6, 6.07) is 1.04. The molecule has 3 saturated carbocycles. The van der Waals surface area contributed by atoms with Crippen molar-refractivity contribution >= 4 is 21.8 Å². The van der Waals surface area contributed by atoms with Crippen molar-refractivity contribution in [2.45, 2.75) is 94.9 Å². The highest BCUT2D eigenvalue weighted by Gasteiger charge is 2.39. The number of hydrogen-bond acceptors (Lipinski definition) is 4. The van der Waals surface area contributed by atoms with E-state index in [0.717, 1.165) is 70.2 Å². The van der Waals surface area contributed by atoms with Crippen molar-refractivity contribution in [2.24, 2.45) is 11.8 Å². The average Bonchev–Trinajstić information content (AvgIpc) is 3.49. The van der Waals surface area contributed by atoms with Crippen LogP contribution >= 0.6 is 15.9 Å². The Labute approximate surface area is 184 Å². The summed E-state index contributed by atoms with van der Waals surface area (Å²) in [5.74, 6) is 1.79. The number of aliphatic hydroxyl groups excluding tert-OH is 1. The van der Waals surface area contributed by atoms with Crippen LogP contribution in [0.3, 0.4) is 0 Å². The van der Waals surface area contributed by atoms with E-state index in [2.05, 4.69) is 25.7 Å². The lowest BCUT2D eigenvalue weighted by atomic mass is 9.85. The van der Waals surface area contributed by atoms with Gasteiger partial charge in [0.05, 0.1) is 17.5 Å². The first-order chi connectivity index (χ1) is 14.2. The van der Waals surface area contributed by atoms with Crippen molar-refractivity contribution in [1.29, 1.82) is 0 Å². The number of nitrogens with zero attached hydrogens (tertiary/aromatic N) is 2. The Bertz CT molecular complexity index is 528. The maximum atomic E-state index is 12.6. The monoisotopic (exact) mass is 470 g/mol. The Kier molecular flexibility index (Phi) is 7.93. The number of carbonyl (C=O) groups excluding carboxylic acids is 1. The molecule has 1 heterocycles. The first kappa shape index (κ1) is 22.0. The predicted molar refractivity (Wildman–Crippen MR) is 118 cm³/mol. The highest BCUT2D eigenvalue weighted by molar-refractivity contribution is 9.09. The molecule has 1 N–H and O–H groups in total. The van der Waals surface area contributed by atoms with E-state index in [0.29, 0.717) is 17.4 Å². The molecule has 0 radical (unpaired) electrons. The molecule has 4 rings (SSSR count). The fourth-order valence-corrected chi connectivity index (χ4v) is 6.16. The van der Waals surface area contributed by atoms with Gasteiger partial charge in [0.25, 0.3) is 0 Å². The molecule has 0 aromatic rings. The summed E-state index contributed by atoms with van der Waals surface area (Å²) in [4.78, 5) is 17.4. The van der Waals surface area contributed by atoms with Gasteiger partial charge in [-0.1, -0.05) is 15.9 Å². The zero-order chi connectivity index (χ0) is 20.2. The smallest absolute Gasteiger partial charge is 0.233 e. The van der Waals surface area contributed by atoms with Gasteiger partial charge in [-0.3, -0.25) is 4.79 Å². The van der Waals surface area contributed by atoms with Crippen LogP contribution in [0.2, 0.25) is 0 Å². The van der Waals surface area contributed by atoms with Crippen LogP contribution in [0.15, 0.2) is 0 Å². The van der Waals surface area contributed by atoms with E-state index in [1.807, 2.05) is 0 Å². The summed E-state index contributed by atoms with van der Waals surface area (Å²) in [6.07, 6.45) is 12.5. The quantitative estimate of drug-likeness (QED) is 0.550. The third kappa shape index (κ3) is 5.75. The van der Waals surface area contributed by atoms with Crippen molar-refractivity contribution in [1.82, 2.24) is 9.80 Å². The number of amides is 1. The van der Waals surface area contributed by atoms with Crippen molar-refractivity contribution < 1.29 is 14.6 Å². The molecule has 5 nitrogen and oxygen atoms in total. The molecule has 0 aromatic heterocycles. The van der Waals surface area contributed by atoms with Gasteiger partial charge >= 0.3 is 0 Å². The van der Waals surface area contributed by atoms with Gasteiger partial charge in [-0.15, -0.1) is 0 Å². The van der Waals surface area contributed by atoms with Crippen LogP contribution in [0.5, 0.6) is 0 Å². The van der Waals surface area contributed by atoms with Crippen LogP contribution in [-0.4, -0.2) is 76.7 Å². The molecule has 0 bridgehead atoms. The second-order valence-electron chi connectivity index (χ2n) is 9.92. The average molecular weight is 471 g/mol. The van der Waals surface area contributed by atoms with Crippen LogP contribution in [0.25, 0.3) is 0 Å². The van der Waals surface area contributed by atoms with Crippen molar-refractivity contribution in [3.05, 3.63) is 0 Å². The van der Waals surface area contributed by atoms with E-state index in [-0.39, 0.29) is 18.1 Å². The first-order valence-corrected chi connectivity index (χ1v) is 13.1. The molecule has 6 heteroatoms. The third-order valence-corrected chi connectivity index (χ3v) is 8.31. The van der Waals surface area contributed by atoms with Gasteiger partial charge in [0.1, 0.15) is 0 Å². The maximum Gasteiger partial charge on any atom is 0.233 e. The molecule has 1 amide bonds. The Morgan fingerprint density at radius 1 is 0.931 bits per heavy atom. The summed E-state index contributed by atoms with van der Waals surface area (Å²) in [5.41, 5.74) is 0. The van der Waals surface area contributed by atoms with Gasteiger partial charge in [-0.25, -0.2) is 0 Å². The number of likely N-dealkylation sites (tertiary alicyclic amines) is 1. The van der Waals surface area contributed by atoms with Crippen LogP contribution in [0.1, 0.15) is 70.6 Å². The molecule has 0 aromatic carbocycles.